The van der Waals surface area contributed by atoms with Gasteiger partial charge < -0.3 is 14.9 Å². The van der Waals surface area contributed by atoms with Crippen LogP contribution in [-0.2, 0) is 6.42 Å². The van der Waals surface area contributed by atoms with E-state index < -0.39 is 5.97 Å². The predicted octanol–water partition coefficient (Wildman–Crippen LogP) is 1.73. The molecule has 0 amide bonds. The highest BCUT2D eigenvalue weighted by Crippen LogP contribution is 2.08. The third-order valence-corrected chi connectivity index (χ3v) is 2.38. The molecule has 1 aromatic carbocycles. The van der Waals surface area contributed by atoms with Crippen LogP contribution in [0, 0.1) is 6.92 Å². The van der Waals surface area contributed by atoms with E-state index in [2.05, 4.69) is 15.5 Å². The zero-order chi connectivity index (χ0) is 13.0. The molecule has 6 nitrogen and oxygen atoms in total. The first kappa shape index (κ1) is 12.1. The Morgan fingerprint density at radius 2 is 2.11 bits per heavy atom. The van der Waals surface area contributed by atoms with E-state index in [-0.39, 0.29) is 5.82 Å². The topological polar surface area (TPSA) is 88.2 Å². The number of carboxylic acids is 1. The number of aryl methyl sites for hydroxylation is 1. The molecule has 0 aliphatic heterocycles. The third-order valence-electron chi connectivity index (χ3n) is 2.38. The van der Waals surface area contributed by atoms with Crippen molar-refractivity contribution in [2.75, 3.05) is 11.9 Å². The number of anilines is 1. The molecule has 2 aromatic rings. The van der Waals surface area contributed by atoms with Gasteiger partial charge >= 0.3 is 5.97 Å². The summed E-state index contributed by atoms with van der Waals surface area (Å²) in [6.45, 7) is 2.62. The van der Waals surface area contributed by atoms with Crippen LogP contribution in [-0.4, -0.2) is 27.8 Å². The first-order chi connectivity index (χ1) is 8.65. The Kier molecular flexibility index (Phi) is 3.57. The monoisotopic (exact) mass is 247 g/mol. The smallest absolute Gasteiger partial charge is 0.377 e. The molecule has 1 heterocycles. The average molecular weight is 247 g/mol. The molecule has 0 spiro atoms. The van der Waals surface area contributed by atoms with Gasteiger partial charge in [-0.3, -0.25) is 0 Å². The van der Waals surface area contributed by atoms with Crippen LogP contribution in [0.2, 0.25) is 0 Å². The van der Waals surface area contributed by atoms with Crippen molar-refractivity contribution in [2.45, 2.75) is 13.3 Å². The van der Waals surface area contributed by atoms with E-state index in [9.17, 15) is 4.79 Å². The fourth-order valence-corrected chi connectivity index (χ4v) is 1.43. The second-order valence-corrected chi connectivity index (χ2v) is 3.86. The minimum atomic E-state index is -1.18. The minimum Gasteiger partial charge on any atom is -0.475 e. The van der Waals surface area contributed by atoms with Gasteiger partial charge in [-0.2, -0.15) is 4.98 Å². The van der Waals surface area contributed by atoms with Gasteiger partial charge in [-0.1, -0.05) is 17.7 Å². The number of hydrogen-bond acceptors (Lipinski definition) is 5. The van der Waals surface area contributed by atoms with Crippen LogP contribution in [0.3, 0.4) is 0 Å². The molecule has 0 unspecified atom stereocenters. The van der Waals surface area contributed by atoms with Gasteiger partial charge in [0.05, 0.1) is 0 Å². The Hall–Kier alpha value is -2.37. The Bertz CT molecular complexity index is 534. The van der Waals surface area contributed by atoms with Crippen molar-refractivity contribution >= 4 is 11.7 Å². The quantitative estimate of drug-likeness (QED) is 0.836. The van der Waals surface area contributed by atoms with E-state index in [1.165, 1.54) is 5.56 Å². The molecule has 2 rings (SSSR count). The van der Waals surface area contributed by atoms with Crippen LogP contribution in [0.25, 0.3) is 0 Å². The number of benzene rings is 1. The lowest BCUT2D eigenvalue weighted by Gasteiger charge is -2.04. The Morgan fingerprint density at radius 1 is 1.39 bits per heavy atom. The number of aromatic carboxylic acids is 1. The van der Waals surface area contributed by atoms with Gasteiger partial charge in [0, 0.05) is 18.7 Å². The van der Waals surface area contributed by atoms with Gasteiger partial charge in [0.1, 0.15) is 0 Å². The van der Waals surface area contributed by atoms with E-state index >= 15 is 0 Å². The number of hydrogen-bond donors (Lipinski definition) is 2. The standard InChI is InChI=1S/C12H13N3O3/c1-8-2-4-9(5-3-8)13-7-6-10-14-11(12(16)17)15-18-10/h2-5,13H,6-7H2,1H3,(H,16,17). The fraction of sp³-hybridized carbons (Fsp3) is 0.250. The lowest BCUT2D eigenvalue weighted by atomic mass is 10.2. The third kappa shape index (κ3) is 3.07. The Labute approximate surface area is 104 Å². The number of nitrogens with zero attached hydrogens (tertiary/aromatic N) is 2. The van der Waals surface area contributed by atoms with Crippen LogP contribution in [0.1, 0.15) is 22.1 Å². The highest BCUT2D eigenvalue weighted by molar-refractivity contribution is 5.82. The first-order valence-corrected chi connectivity index (χ1v) is 5.51. The van der Waals surface area contributed by atoms with Crippen LogP contribution in [0.5, 0.6) is 0 Å². The zero-order valence-corrected chi connectivity index (χ0v) is 9.88. The van der Waals surface area contributed by atoms with Crippen molar-refractivity contribution in [1.82, 2.24) is 10.1 Å². The maximum Gasteiger partial charge on any atom is 0.377 e. The number of aromatic nitrogens is 2. The SMILES string of the molecule is Cc1ccc(NCCc2nc(C(=O)O)no2)cc1. The normalized spacial score (nSPS) is 10.3. The largest absolute Gasteiger partial charge is 0.475 e. The minimum absolute atomic E-state index is 0.305. The van der Waals surface area contributed by atoms with Crippen molar-refractivity contribution in [1.29, 1.82) is 0 Å². The van der Waals surface area contributed by atoms with Gasteiger partial charge in [-0.05, 0) is 24.2 Å². The molecular formula is C12H13N3O3. The molecule has 0 saturated carbocycles. The number of rotatable bonds is 5. The highest BCUT2D eigenvalue weighted by atomic mass is 16.5. The van der Waals surface area contributed by atoms with Crippen LogP contribution in [0.15, 0.2) is 28.8 Å². The maximum atomic E-state index is 10.5. The molecule has 2 N–H and O–H groups in total. The molecule has 0 aliphatic rings. The molecule has 0 saturated heterocycles. The van der Waals surface area contributed by atoms with E-state index in [0.29, 0.717) is 18.9 Å². The first-order valence-electron chi connectivity index (χ1n) is 5.51. The van der Waals surface area contributed by atoms with E-state index in [1.54, 1.807) is 0 Å². The molecule has 94 valence electrons. The van der Waals surface area contributed by atoms with E-state index in [4.69, 9.17) is 9.63 Å². The lowest BCUT2D eigenvalue weighted by molar-refractivity contribution is 0.0680. The lowest BCUT2D eigenvalue weighted by Crippen LogP contribution is -2.05. The van der Waals surface area contributed by atoms with Crippen molar-refractivity contribution in [2.24, 2.45) is 0 Å². The zero-order valence-electron chi connectivity index (χ0n) is 9.88. The summed E-state index contributed by atoms with van der Waals surface area (Å²) in [5.74, 6) is -1.18. The van der Waals surface area contributed by atoms with Gasteiger partial charge in [-0.25, -0.2) is 4.79 Å². The molecule has 18 heavy (non-hydrogen) atoms. The second kappa shape index (κ2) is 5.31. The summed E-state index contributed by atoms with van der Waals surface area (Å²) in [5, 5.41) is 15.2. The summed E-state index contributed by atoms with van der Waals surface area (Å²) in [7, 11) is 0. The maximum absolute atomic E-state index is 10.5. The van der Waals surface area contributed by atoms with Crippen LogP contribution in [0.4, 0.5) is 5.69 Å². The van der Waals surface area contributed by atoms with E-state index in [1.807, 2.05) is 31.2 Å². The summed E-state index contributed by atoms with van der Waals surface area (Å²) in [6.07, 6.45) is 0.480. The summed E-state index contributed by atoms with van der Waals surface area (Å²) in [4.78, 5) is 14.3. The molecule has 0 aliphatic carbocycles. The Balaban J connectivity index is 1.84. The fourth-order valence-electron chi connectivity index (χ4n) is 1.43. The molecule has 1 aromatic heterocycles. The Morgan fingerprint density at radius 3 is 2.72 bits per heavy atom. The van der Waals surface area contributed by atoms with Gasteiger partial charge in [-0.15, -0.1) is 0 Å². The summed E-state index contributed by atoms with van der Waals surface area (Å²) >= 11 is 0. The van der Waals surface area contributed by atoms with Crippen molar-refractivity contribution in [3.8, 4) is 0 Å². The van der Waals surface area contributed by atoms with Gasteiger partial charge in [0.2, 0.25) is 5.89 Å². The summed E-state index contributed by atoms with van der Waals surface area (Å²) < 4.78 is 4.80. The predicted molar refractivity (Wildman–Crippen MR) is 64.6 cm³/mol. The molecule has 0 radical (unpaired) electrons. The second-order valence-electron chi connectivity index (χ2n) is 3.86. The van der Waals surface area contributed by atoms with E-state index in [0.717, 1.165) is 5.69 Å². The summed E-state index contributed by atoms with van der Waals surface area (Å²) in [5.41, 5.74) is 2.20. The summed E-state index contributed by atoms with van der Waals surface area (Å²) in [6, 6.07) is 7.98. The molecule has 0 fully saturated rings. The van der Waals surface area contributed by atoms with Gasteiger partial charge in [0.25, 0.3) is 5.82 Å². The van der Waals surface area contributed by atoms with Gasteiger partial charge in [0.15, 0.2) is 0 Å². The number of carboxylic acid groups (broad SMARTS) is 1. The molecular weight excluding hydrogens is 234 g/mol. The number of carbonyl (C=O) groups is 1. The average Bonchev–Trinajstić information content (AvgIpc) is 2.81. The molecule has 6 heteroatoms. The van der Waals surface area contributed by atoms with Crippen molar-refractivity contribution in [3.05, 3.63) is 41.5 Å². The van der Waals surface area contributed by atoms with Crippen LogP contribution < -0.4 is 5.32 Å². The number of nitrogens with one attached hydrogen (secondary N) is 1. The van der Waals surface area contributed by atoms with Crippen LogP contribution >= 0.6 is 0 Å². The highest BCUT2D eigenvalue weighted by Gasteiger charge is 2.12. The molecule has 0 atom stereocenters. The van der Waals surface area contributed by atoms with Crippen molar-refractivity contribution in [3.63, 3.8) is 0 Å². The molecule has 0 bridgehead atoms. The van der Waals surface area contributed by atoms with Crippen molar-refractivity contribution < 1.29 is 14.4 Å².